The molecule has 3 N–H and O–H groups in total. The van der Waals surface area contributed by atoms with Gasteiger partial charge in [-0.1, -0.05) is 36.4 Å². The van der Waals surface area contributed by atoms with Crippen molar-refractivity contribution in [2.45, 2.75) is 62.5 Å². The van der Waals surface area contributed by atoms with E-state index < -0.39 is 35.1 Å². The van der Waals surface area contributed by atoms with Crippen LogP contribution < -0.4 is 5.73 Å². The Morgan fingerprint density at radius 1 is 0.930 bits per heavy atom. The predicted octanol–water partition coefficient (Wildman–Crippen LogP) is 6.14. The number of benzene rings is 2. The van der Waals surface area contributed by atoms with Crippen molar-refractivity contribution >= 4 is 17.2 Å². The predicted molar refractivity (Wildman–Crippen MR) is 145 cm³/mol. The second kappa shape index (κ2) is 9.97. The van der Waals surface area contributed by atoms with Crippen LogP contribution in [0.3, 0.4) is 0 Å². The van der Waals surface area contributed by atoms with Gasteiger partial charge in [0.2, 0.25) is 5.91 Å². The van der Waals surface area contributed by atoms with Crippen molar-refractivity contribution in [1.82, 2.24) is 19.3 Å². The van der Waals surface area contributed by atoms with Gasteiger partial charge in [-0.25, -0.2) is 9.97 Å². The Labute approximate surface area is 242 Å². The number of nitrogen functional groups attached to an aromatic ring is 1. The fourth-order valence-electron chi connectivity index (χ4n) is 6.24. The van der Waals surface area contributed by atoms with Crippen LogP contribution in [-0.4, -0.2) is 42.9 Å². The molecule has 2 aromatic carbocycles. The molecule has 0 spiro atoms. The lowest BCUT2D eigenvalue weighted by Crippen LogP contribution is -2.41. The number of hydrogen-bond donors (Lipinski definition) is 2. The molecule has 0 saturated carbocycles. The zero-order chi connectivity index (χ0) is 30.9. The van der Waals surface area contributed by atoms with Crippen molar-refractivity contribution < 1.29 is 36.2 Å². The first-order chi connectivity index (χ1) is 20.2. The van der Waals surface area contributed by atoms with Gasteiger partial charge < -0.3 is 15.7 Å². The summed E-state index contributed by atoms with van der Waals surface area (Å²) in [4.78, 5) is 22.6. The minimum absolute atomic E-state index is 0.0140. The Bertz CT molecular complexity index is 1710. The highest BCUT2D eigenvalue weighted by atomic mass is 19.4. The molecule has 13 heteroatoms. The third kappa shape index (κ3) is 4.98. The Kier molecular flexibility index (Phi) is 6.71. The molecule has 7 nitrogen and oxygen atoms in total. The summed E-state index contributed by atoms with van der Waals surface area (Å²) in [5, 5.41) is 11.2. The Morgan fingerprint density at radius 3 is 2.30 bits per heavy atom. The van der Waals surface area contributed by atoms with E-state index in [2.05, 4.69) is 9.97 Å². The van der Waals surface area contributed by atoms with E-state index in [1.54, 1.807) is 4.90 Å². The maximum Gasteiger partial charge on any atom is 0.433 e. The minimum atomic E-state index is -4.78. The normalized spacial score (nSPS) is 20.8. The summed E-state index contributed by atoms with van der Waals surface area (Å²) in [6.45, 7) is 1.59. The smallest absolute Gasteiger partial charge is 0.382 e. The number of hydrogen-bond acceptors (Lipinski definition) is 5. The highest BCUT2D eigenvalue weighted by molar-refractivity contribution is 5.86. The van der Waals surface area contributed by atoms with Crippen LogP contribution in [0.4, 0.5) is 32.2 Å². The molecular weight excluding hydrogens is 576 g/mol. The maximum absolute atomic E-state index is 14.2. The summed E-state index contributed by atoms with van der Waals surface area (Å²) >= 11 is 0. The second-order valence-electron chi connectivity index (χ2n) is 11.3. The zero-order valence-electron chi connectivity index (χ0n) is 22.9. The van der Waals surface area contributed by atoms with Crippen LogP contribution in [0.15, 0.2) is 54.7 Å². The molecule has 1 amide bonds. The molecule has 4 heterocycles. The van der Waals surface area contributed by atoms with Crippen molar-refractivity contribution in [1.29, 1.82) is 0 Å². The average molecular weight is 604 g/mol. The lowest BCUT2D eigenvalue weighted by atomic mass is 9.87. The largest absolute Gasteiger partial charge is 0.433 e. The lowest BCUT2D eigenvalue weighted by Gasteiger charge is -2.34. The number of nitrogens with two attached hydrogens (primary N) is 1. The van der Waals surface area contributed by atoms with Gasteiger partial charge in [0.05, 0.1) is 11.8 Å². The molecule has 6 rings (SSSR count). The molecule has 226 valence electrons. The van der Waals surface area contributed by atoms with Crippen molar-refractivity contribution in [3.05, 3.63) is 82.9 Å². The van der Waals surface area contributed by atoms with Crippen LogP contribution in [0.1, 0.15) is 66.7 Å². The molecule has 0 aliphatic carbocycles. The highest BCUT2D eigenvalue weighted by Crippen LogP contribution is 2.42. The molecule has 2 aromatic heterocycles. The average Bonchev–Trinajstić information content (AvgIpc) is 3.54. The Balaban J connectivity index is 1.44. The van der Waals surface area contributed by atoms with Gasteiger partial charge in [0, 0.05) is 30.5 Å². The third-order valence-electron chi connectivity index (χ3n) is 8.56. The summed E-state index contributed by atoms with van der Waals surface area (Å²) in [5.74, 6) is -0.572. The molecule has 2 aliphatic heterocycles. The molecule has 0 bridgehead atoms. The Hall–Kier alpha value is -4.13. The molecular formula is C30H27F6N5O2. The van der Waals surface area contributed by atoms with Gasteiger partial charge in [-0.2, -0.15) is 26.3 Å². The van der Waals surface area contributed by atoms with E-state index >= 15 is 0 Å². The van der Waals surface area contributed by atoms with E-state index in [1.165, 1.54) is 43.3 Å². The molecule has 2 aliphatic rings. The summed E-state index contributed by atoms with van der Waals surface area (Å²) in [5.41, 5.74) is 3.09. The number of rotatable bonds is 4. The summed E-state index contributed by atoms with van der Waals surface area (Å²) in [7, 11) is 0. The molecule has 2 saturated heterocycles. The van der Waals surface area contributed by atoms with Crippen LogP contribution >= 0.6 is 0 Å². The second-order valence-corrected chi connectivity index (χ2v) is 11.3. The van der Waals surface area contributed by atoms with E-state index in [9.17, 15) is 36.2 Å². The summed E-state index contributed by atoms with van der Waals surface area (Å²) in [6, 6.07) is 10.4. The van der Waals surface area contributed by atoms with E-state index in [-0.39, 0.29) is 52.5 Å². The lowest BCUT2D eigenvalue weighted by molar-refractivity contribution is -0.142. The van der Waals surface area contributed by atoms with Crippen LogP contribution in [-0.2, 0) is 22.7 Å². The number of amides is 1. The molecule has 4 aromatic rings. The number of halogens is 6. The van der Waals surface area contributed by atoms with Crippen LogP contribution in [0, 0.1) is 0 Å². The molecule has 43 heavy (non-hydrogen) atoms. The van der Waals surface area contributed by atoms with E-state index in [0.717, 1.165) is 23.0 Å². The SMILES string of the molecule is CC(O)(c1ccc(-c2nc([C@@H]3CC[C@H]4CCC(=O)N4C3)n3c(C(F)(F)F)cnc(N)c23)cc1)c1cccc(C(F)(F)F)c1. The number of fused-ring (bicyclic) bond motifs is 2. The van der Waals surface area contributed by atoms with Gasteiger partial charge in [-0.05, 0) is 49.4 Å². The number of nitrogens with zero attached hydrogens (tertiary/aromatic N) is 4. The van der Waals surface area contributed by atoms with Gasteiger partial charge in [0.25, 0.3) is 0 Å². The first kappa shape index (κ1) is 29.0. The standard InChI is InChI=1S/C30H27F6N5O2/c1-28(43,19-3-2-4-20(13-19)29(31,32)33)18-8-5-16(6-9-18)24-25-26(37)38-14-22(30(34,35)36)41(25)27(39-24)17-7-10-21-11-12-23(42)40(21)15-17/h2-6,8-9,13-14,17,21,43H,7,10-12,15H2,1H3,(H2,37,38)/t17-,21+,28?/m1/s1. The monoisotopic (exact) mass is 603 g/mol. The number of aromatic nitrogens is 3. The van der Waals surface area contributed by atoms with Crippen molar-refractivity contribution in [3.8, 4) is 11.3 Å². The number of piperidine rings is 1. The van der Waals surface area contributed by atoms with Gasteiger partial charge in [-0.3, -0.25) is 9.20 Å². The minimum Gasteiger partial charge on any atom is -0.382 e. The fraction of sp³-hybridized carbons (Fsp3) is 0.367. The van der Waals surface area contributed by atoms with Gasteiger partial charge >= 0.3 is 12.4 Å². The first-order valence-corrected chi connectivity index (χ1v) is 13.7. The molecule has 0 radical (unpaired) electrons. The van der Waals surface area contributed by atoms with Crippen LogP contribution in [0.5, 0.6) is 0 Å². The number of anilines is 1. The fourth-order valence-corrected chi connectivity index (χ4v) is 6.24. The molecule has 3 atom stereocenters. The summed E-state index contributed by atoms with van der Waals surface area (Å²) in [6.07, 6.45) is -6.40. The topological polar surface area (TPSA) is 96.8 Å². The number of imidazole rings is 1. The van der Waals surface area contributed by atoms with Crippen molar-refractivity contribution in [2.75, 3.05) is 12.3 Å². The van der Waals surface area contributed by atoms with Crippen LogP contribution in [0.2, 0.25) is 0 Å². The first-order valence-electron chi connectivity index (χ1n) is 13.7. The van der Waals surface area contributed by atoms with Crippen molar-refractivity contribution in [2.24, 2.45) is 0 Å². The van der Waals surface area contributed by atoms with Gasteiger partial charge in [-0.15, -0.1) is 0 Å². The highest BCUT2D eigenvalue weighted by Gasteiger charge is 2.41. The van der Waals surface area contributed by atoms with Gasteiger partial charge in [0.1, 0.15) is 34.1 Å². The van der Waals surface area contributed by atoms with E-state index in [1.807, 2.05) is 0 Å². The van der Waals surface area contributed by atoms with Gasteiger partial charge in [0.15, 0.2) is 0 Å². The summed E-state index contributed by atoms with van der Waals surface area (Å²) < 4.78 is 83.6. The number of alkyl halides is 6. The number of carbonyl (C=O) groups excluding carboxylic acids is 1. The zero-order valence-corrected chi connectivity index (χ0v) is 22.9. The molecule has 2 fully saturated rings. The van der Waals surface area contributed by atoms with E-state index in [0.29, 0.717) is 31.0 Å². The number of aliphatic hydroxyl groups is 1. The van der Waals surface area contributed by atoms with E-state index in [4.69, 9.17) is 5.73 Å². The molecule has 1 unspecified atom stereocenters. The Morgan fingerprint density at radius 2 is 1.63 bits per heavy atom. The maximum atomic E-state index is 14.2. The van der Waals surface area contributed by atoms with Crippen LogP contribution in [0.25, 0.3) is 16.8 Å². The quantitative estimate of drug-likeness (QED) is 0.273. The third-order valence-corrected chi connectivity index (χ3v) is 8.56. The number of carbonyl (C=O) groups is 1. The van der Waals surface area contributed by atoms with Crippen molar-refractivity contribution in [3.63, 3.8) is 0 Å².